The molecule has 3 heterocycles. The average molecular weight is 633 g/mol. The van der Waals surface area contributed by atoms with Crippen LogP contribution in [0.5, 0.6) is 5.75 Å². The normalized spacial score (nSPS) is 18.2. The molecule has 230 valence electrons. The monoisotopic (exact) mass is 632 g/mol. The Morgan fingerprint density at radius 2 is 1.71 bits per heavy atom. The summed E-state index contributed by atoms with van der Waals surface area (Å²) in [5, 5.41) is 16.4. The number of ether oxygens (including phenoxy) is 1. The van der Waals surface area contributed by atoms with Crippen molar-refractivity contribution >= 4 is 33.2 Å². The third-order valence-electron chi connectivity index (χ3n) is 8.03. The predicted molar refractivity (Wildman–Crippen MR) is 160 cm³/mol. The lowest BCUT2D eigenvalue weighted by atomic mass is 9.99. The number of alkyl halides is 2. The third kappa shape index (κ3) is 5.19. The number of aromatic nitrogens is 2. The first kappa shape index (κ1) is 29.9. The standard InChI is InChI=1S/C31H26F2N6O5S/c1-44-27-13-8-19(14-20(27)15-34)29(40)36-24-16-35-39-26-18-37(45(2,42)43)17-25(26)38(30(41)28(24)39)23-11-9-22(10-12-23)31(32,33)21-6-4-3-5-7-21/h3-14,16,25-26H,17-18H2,1-2H3,(H,36,40)/t25-,26-/m1/s1. The fraction of sp³-hybridized carbons (Fsp3) is 0.226. The first-order valence-corrected chi connectivity index (χ1v) is 15.6. The highest BCUT2D eigenvalue weighted by atomic mass is 32.2. The summed E-state index contributed by atoms with van der Waals surface area (Å²) in [5.74, 6) is -4.23. The summed E-state index contributed by atoms with van der Waals surface area (Å²) in [4.78, 5) is 28.7. The molecule has 0 saturated carbocycles. The maximum absolute atomic E-state index is 15.3. The lowest BCUT2D eigenvalue weighted by molar-refractivity contribution is 0.0428. The summed E-state index contributed by atoms with van der Waals surface area (Å²) in [6, 6.07) is 17.5. The van der Waals surface area contributed by atoms with E-state index in [1.807, 2.05) is 6.07 Å². The number of hydrogen-bond donors (Lipinski definition) is 1. The highest BCUT2D eigenvalue weighted by Gasteiger charge is 2.50. The number of nitrogens with zero attached hydrogens (tertiary/aromatic N) is 5. The number of nitriles is 1. The van der Waals surface area contributed by atoms with E-state index in [1.165, 1.54) is 93.9 Å². The molecule has 2 aliphatic rings. The molecule has 2 atom stereocenters. The molecule has 6 rings (SSSR count). The van der Waals surface area contributed by atoms with Crippen molar-refractivity contribution in [3.8, 4) is 11.8 Å². The van der Waals surface area contributed by atoms with Crippen LogP contribution in [0, 0.1) is 11.3 Å². The van der Waals surface area contributed by atoms with E-state index in [1.54, 1.807) is 6.07 Å². The molecule has 1 N–H and O–H groups in total. The SMILES string of the molecule is COc1ccc(C(=O)Nc2cnn3c2C(=O)N(c2ccc(C(F)(F)c4ccccc4)cc2)[C@@H]2CN(S(C)(=O)=O)C[C@H]23)cc1C#N. The van der Waals surface area contributed by atoms with Gasteiger partial charge in [-0.15, -0.1) is 0 Å². The fourth-order valence-corrected chi connectivity index (χ4v) is 6.62. The number of carbonyl (C=O) groups excluding carboxylic acids is 2. The van der Waals surface area contributed by atoms with Gasteiger partial charge in [0.2, 0.25) is 10.0 Å². The number of carbonyl (C=O) groups is 2. The van der Waals surface area contributed by atoms with Crippen molar-refractivity contribution in [3.05, 3.63) is 107 Å². The van der Waals surface area contributed by atoms with Crippen LogP contribution >= 0.6 is 0 Å². The summed E-state index contributed by atoms with van der Waals surface area (Å²) in [7, 11) is -2.26. The molecule has 1 aromatic heterocycles. The largest absolute Gasteiger partial charge is 0.495 e. The molecule has 0 aliphatic carbocycles. The summed E-state index contributed by atoms with van der Waals surface area (Å²) >= 11 is 0. The maximum atomic E-state index is 15.3. The molecule has 0 bridgehead atoms. The van der Waals surface area contributed by atoms with Crippen molar-refractivity contribution in [2.75, 3.05) is 36.7 Å². The number of halogens is 2. The quantitative estimate of drug-likeness (QED) is 0.325. The van der Waals surface area contributed by atoms with Gasteiger partial charge in [-0.2, -0.15) is 23.4 Å². The van der Waals surface area contributed by atoms with Gasteiger partial charge in [0.15, 0.2) is 5.69 Å². The van der Waals surface area contributed by atoms with Crippen molar-refractivity contribution in [2.45, 2.75) is 18.0 Å². The van der Waals surface area contributed by atoms with E-state index in [-0.39, 0.29) is 58.2 Å². The van der Waals surface area contributed by atoms with Crippen molar-refractivity contribution in [3.63, 3.8) is 0 Å². The number of nitrogens with one attached hydrogen (secondary N) is 1. The van der Waals surface area contributed by atoms with Crippen LogP contribution in [0.4, 0.5) is 20.2 Å². The van der Waals surface area contributed by atoms with E-state index in [0.29, 0.717) is 0 Å². The van der Waals surface area contributed by atoms with E-state index in [2.05, 4.69) is 10.4 Å². The Bertz CT molecular complexity index is 1960. The van der Waals surface area contributed by atoms with Crippen LogP contribution in [-0.4, -0.2) is 66.8 Å². The Balaban J connectivity index is 1.37. The van der Waals surface area contributed by atoms with Crippen molar-refractivity contribution in [2.24, 2.45) is 0 Å². The molecular formula is C31H26F2N6O5S. The molecule has 1 fully saturated rings. The highest BCUT2D eigenvalue weighted by molar-refractivity contribution is 7.88. The summed E-state index contributed by atoms with van der Waals surface area (Å²) in [5.41, 5.74) is 0.132. The molecule has 4 aromatic rings. The van der Waals surface area contributed by atoms with Gasteiger partial charge in [0.1, 0.15) is 11.8 Å². The number of hydrogen-bond acceptors (Lipinski definition) is 7. The topological polar surface area (TPSA) is 138 Å². The van der Waals surface area contributed by atoms with E-state index in [0.717, 1.165) is 6.26 Å². The zero-order valence-electron chi connectivity index (χ0n) is 24.0. The minimum absolute atomic E-state index is 0.00349. The van der Waals surface area contributed by atoms with Crippen LogP contribution in [0.3, 0.4) is 0 Å². The average Bonchev–Trinajstić information content (AvgIpc) is 3.67. The van der Waals surface area contributed by atoms with E-state index < -0.39 is 39.8 Å². The molecule has 2 aliphatic heterocycles. The van der Waals surface area contributed by atoms with Crippen LogP contribution in [0.2, 0.25) is 0 Å². The molecule has 45 heavy (non-hydrogen) atoms. The van der Waals surface area contributed by atoms with E-state index in [9.17, 15) is 23.3 Å². The van der Waals surface area contributed by atoms with Crippen molar-refractivity contribution in [1.29, 1.82) is 5.26 Å². The molecular weight excluding hydrogens is 606 g/mol. The Morgan fingerprint density at radius 3 is 2.36 bits per heavy atom. The van der Waals surface area contributed by atoms with Crippen molar-refractivity contribution in [1.82, 2.24) is 14.1 Å². The lowest BCUT2D eigenvalue weighted by Gasteiger charge is -2.37. The Kier molecular flexibility index (Phi) is 7.38. The van der Waals surface area contributed by atoms with Gasteiger partial charge in [0.05, 0.1) is 42.9 Å². The third-order valence-corrected chi connectivity index (χ3v) is 9.27. The van der Waals surface area contributed by atoms with Gasteiger partial charge in [-0.1, -0.05) is 42.5 Å². The lowest BCUT2D eigenvalue weighted by Crippen LogP contribution is -2.51. The second-order valence-electron chi connectivity index (χ2n) is 10.7. The maximum Gasteiger partial charge on any atom is 0.298 e. The van der Waals surface area contributed by atoms with Gasteiger partial charge >= 0.3 is 0 Å². The Hall–Kier alpha value is -5.13. The number of rotatable bonds is 7. The number of amides is 2. The van der Waals surface area contributed by atoms with Crippen LogP contribution in [0.1, 0.15) is 43.6 Å². The molecule has 11 nitrogen and oxygen atoms in total. The van der Waals surface area contributed by atoms with Crippen LogP contribution < -0.4 is 15.0 Å². The first-order chi connectivity index (χ1) is 21.4. The first-order valence-electron chi connectivity index (χ1n) is 13.7. The Labute approximate surface area is 257 Å². The molecule has 0 spiro atoms. The number of benzene rings is 3. The van der Waals surface area contributed by atoms with Gasteiger partial charge < -0.3 is 15.0 Å². The van der Waals surface area contributed by atoms with Crippen LogP contribution in [0.25, 0.3) is 0 Å². The smallest absolute Gasteiger partial charge is 0.298 e. The van der Waals surface area contributed by atoms with Crippen LogP contribution in [-0.2, 0) is 15.9 Å². The molecule has 0 unspecified atom stereocenters. The zero-order valence-corrected chi connectivity index (χ0v) is 24.8. The molecule has 3 aromatic carbocycles. The predicted octanol–water partition coefficient (Wildman–Crippen LogP) is 4.00. The minimum Gasteiger partial charge on any atom is -0.495 e. The van der Waals surface area contributed by atoms with Crippen molar-refractivity contribution < 1.29 is 31.5 Å². The molecule has 2 amide bonds. The zero-order chi connectivity index (χ0) is 32.1. The number of anilines is 2. The van der Waals surface area contributed by atoms with Crippen LogP contribution in [0.15, 0.2) is 79.0 Å². The van der Waals surface area contributed by atoms with Gasteiger partial charge in [0, 0.05) is 35.5 Å². The van der Waals surface area contributed by atoms with Gasteiger partial charge in [-0.05, 0) is 30.3 Å². The van der Waals surface area contributed by atoms with Gasteiger partial charge in [0.25, 0.3) is 17.7 Å². The van der Waals surface area contributed by atoms with Gasteiger partial charge in [-0.3, -0.25) is 14.3 Å². The molecule has 1 saturated heterocycles. The second kappa shape index (κ2) is 11.1. The second-order valence-corrected chi connectivity index (χ2v) is 12.7. The summed E-state index contributed by atoms with van der Waals surface area (Å²) in [6.07, 6.45) is 2.37. The number of sulfonamides is 1. The highest BCUT2D eigenvalue weighted by Crippen LogP contribution is 2.41. The Morgan fingerprint density at radius 1 is 1.04 bits per heavy atom. The summed E-state index contributed by atoms with van der Waals surface area (Å²) in [6.45, 7) is -0.0372. The minimum atomic E-state index is -3.66. The summed E-state index contributed by atoms with van der Waals surface area (Å²) < 4.78 is 63.4. The fourth-order valence-electron chi connectivity index (χ4n) is 5.77. The number of methoxy groups -OCH3 is 1. The molecule has 0 radical (unpaired) electrons. The van der Waals surface area contributed by atoms with E-state index >= 15 is 8.78 Å². The molecule has 14 heteroatoms. The number of fused-ring (bicyclic) bond motifs is 3. The van der Waals surface area contributed by atoms with Gasteiger partial charge in [-0.25, -0.2) is 8.42 Å². The van der Waals surface area contributed by atoms with E-state index in [4.69, 9.17) is 4.74 Å².